The van der Waals surface area contributed by atoms with Crippen molar-refractivity contribution in [3.8, 4) is 0 Å². The monoisotopic (exact) mass is 271 g/mol. The van der Waals surface area contributed by atoms with Crippen molar-refractivity contribution in [1.29, 1.82) is 0 Å². The van der Waals surface area contributed by atoms with Gasteiger partial charge in [0, 0.05) is 6.54 Å². The molecule has 0 aliphatic carbocycles. The molecule has 0 aromatic heterocycles. The molecule has 0 saturated heterocycles. The molecule has 3 heteroatoms. The lowest BCUT2D eigenvalue weighted by Gasteiger charge is -2.16. The first kappa shape index (κ1) is 18.4. The number of unbranched alkanes of at least 4 members (excludes halogenated alkanes) is 6. The van der Waals surface area contributed by atoms with E-state index in [2.05, 4.69) is 25.7 Å². The van der Waals surface area contributed by atoms with Gasteiger partial charge in [0.05, 0.1) is 13.0 Å². The highest BCUT2D eigenvalue weighted by atomic mass is 16.5. The van der Waals surface area contributed by atoms with Gasteiger partial charge in [-0.15, -0.1) is 0 Å². The van der Waals surface area contributed by atoms with E-state index < -0.39 is 0 Å². The number of nitrogens with zero attached hydrogens (tertiary/aromatic N) is 1. The molecule has 0 aromatic carbocycles. The second-order valence-electron chi connectivity index (χ2n) is 5.12. The lowest BCUT2D eigenvalue weighted by atomic mass is 10.1. The van der Waals surface area contributed by atoms with Gasteiger partial charge in [0.15, 0.2) is 0 Å². The minimum Gasteiger partial charge on any atom is -0.466 e. The summed E-state index contributed by atoms with van der Waals surface area (Å²) in [7, 11) is 0. The number of ether oxygens (including phenoxy) is 1. The Morgan fingerprint density at radius 2 is 1.47 bits per heavy atom. The van der Waals surface area contributed by atoms with E-state index in [0.717, 1.165) is 26.1 Å². The molecular weight excluding hydrogens is 238 g/mol. The summed E-state index contributed by atoms with van der Waals surface area (Å²) in [6.45, 7) is 9.90. The topological polar surface area (TPSA) is 29.5 Å². The van der Waals surface area contributed by atoms with Crippen LogP contribution in [0.1, 0.15) is 72.1 Å². The zero-order valence-corrected chi connectivity index (χ0v) is 13.2. The largest absolute Gasteiger partial charge is 0.466 e. The molecule has 0 amide bonds. The number of carbonyl (C=O) groups is 1. The van der Waals surface area contributed by atoms with Crippen molar-refractivity contribution in [2.75, 3.05) is 26.2 Å². The van der Waals surface area contributed by atoms with Gasteiger partial charge in [-0.2, -0.15) is 0 Å². The fourth-order valence-electron chi connectivity index (χ4n) is 2.11. The molecule has 0 aliphatic heterocycles. The highest BCUT2D eigenvalue weighted by Gasteiger charge is 2.05. The second kappa shape index (κ2) is 13.9. The Morgan fingerprint density at radius 1 is 0.895 bits per heavy atom. The molecule has 19 heavy (non-hydrogen) atoms. The van der Waals surface area contributed by atoms with Crippen LogP contribution in [0, 0.1) is 0 Å². The molecule has 0 rings (SSSR count). The SMILES string of the molecule is CCCCCCCCCOC(=O)CCN(CC)CC. The van der Waals surface area contributed by atoms with Gasteiger partial charge in [0.1, 0.15) is 0 Å². The van der Waals surface area contributed by atoms with Gasteiger partial charge in [0.25, 0.3) is 0 Å². The van der Waals surface area contributed by atoms with Crippen LogP contribution in [-0.4, -0.2) is 37.1 Å². The van der Waals surface area contributed by atoms with Gasteiger partial charge in [-0.25, -0.2) is 0 Å². The van der Waals surface area contributed by atoms with E-state index in [9.17, 15) is 4.79 Å². The van der Waals surface area contributed by atoms with Crippen LogP contribution in [-0.2, 0) is 9.53 Å². The number of hydrogen-bond donors (Lipinski definition) is 0. The average molecular weight is 271 g/mol. The van der Waals surface area contributed by atoms with Crippen molar-refractivity contribution in [2.45, 2.75) is 72.1 Å². The summed E-state index contributed by atoms with van der Waals surface area (Å²) in [6.07, 6.45) is 9.32. The number of esters is 1. The first-order chi connectivity index (χ1) is 9.24. The van der Waals surface area contributed by atoms with Crippen molar-refractivity contribution in [3.63, 3.8) is 0 Å². The lowest BCUT2D eigenvalue weighted by molar-refractivity contribution is -0.144. The molecule has 0 bridgehead atoms. The molecule has 3 nitrogen and oxygen atoms in total. The Morgan fingerprint density at radius 3 is 2.05 bits per heavy atom. The summed E-state index contributed by atoms with van der Waals surface area (Å²) in [4.78, 5) is 13.7. The van der Waals surface area contributed by atoms with Crippen LogP contribution < -0.4 is 0 Å². The molecule has 0 saturated carbocycles. The fraction of sp³-hybridized carbons (Fsp3) is 0.938. The maximum Gasteiger partial charge on any atom is 0.307 e. The zero-order valence-electron chi connectivity index (χ0n) is 13.2. The highest BCUT2D eigenvalue weighted by Crippen LogP contribution is 2.07. The van der Waals surface area contributed by atoms with Crippen LogP contribution in [0.3, 0.4) is 0 Å². The Kier molecular flexibility index (Phi) is 13.4. The molecule has 0 aromatic rings. The van der Waals surface area contributed by atoms with Crippen LogP contribution in [0.4, 0.5) is 0 Å². The van der Waals surface area contributed by atoms with Gasteiger partial charge in [0.2, 0.25) is 0 Å². The van der Waals surface area contributed by atoms with Crippen LogP contribution in [0.5, 0.6) is 0 Å². The quantitative estimate of drug-likeness (QED) is 0.374. The minimum atomic E-state index is -0.0436. The summed E-state index contributed by atoms with van der Waals surface area (Å²) < 4.78 is 5.24. The third-order valence-electron chi connectivity index (χ3n) is 3.54. The Bertz CT molecular complexity index is 203. The van der Waals surface area contributed by atoms with Crippen molar-refractivity contribution < 1.29 is 9.53 Å². The molecule has 0 N–H and O–H groups in total. The van der Waals surface area contributed by atoms with Crippen LogP contribution in [0.2, 0.25) is 0 Å². The predicted octanol–water partition coefficient (Wildman–Crippen LogP) is 4.01. The standard InChI is InChI=1S/C16H33NO2/c1-4-7-8-9-10-11-12-15-19-16(18)13-14-17(5-2)6-3/h4-15H2,1-3H3. The van der Waals surface area contributed by atoms with Gasteiger partial charge < -0.3 is 9.64 Å². The molecule has 0 spiro atoms. The van der Waals surface area contributed by atoms with Crippen LogP contribution in [0.25, 0.3) is 0 Å². The van der Waals surface area contributed by atoms with E-state index in [1.165, 1.54) is 38.5 Å². The zero-order chi connectivity index (χ0) is 14.3. The third kappa shape index (κ3) is 12.2. The van der Waals surface area contributed by atoms with Crippen molar-refractivity contribution in [3.05, 3.63) is 0 Å². The number of rotatable bonds is 13. The fourth-order valence-corrected chi connectivity index (χ4v) is 2.11. The van der Waals surface area contributed by atoms with Crippen molar-refractivity contribution in [2.24, 2.45) is 0 Å². The summed E-state index contributed by atoms with van der Waals surface area (Å²) in [5, 5.41) is 0. The molecule has 0 fully saturated rings. The maximum atomic E-state index is 11.5. The summed E-state index contributed by atoms with van der Waals surface area (Å²) >= 11 is 0. The molecule has 0 aliphatic rings. The molecule has 0 heterocycles. The van der Waals surface area contributed by atoms with Crippen molar-refractivity contribution >= 4 is 5.97 Å². The Hall–Kier alpha value is -0.570. The summed E-state index contributed by atoms with van der Waals surface area (Å²) in [5.41, 5.74) is 0. The van der Waals surface area contributed by atoms with Gasteiger partial charge >= 0.3 is 5.97 Å². The molecular formula is C16H33NO2. The minimum absolute atomic E-state index is 0.0436. The number of carbonyl (C=O) groups excluding carboxylic acids is 1. The third-order valence-corrected chi connectivity index (χ3v) is 3.54. The summed E-state index contributed by atoms with van der Waals surface area (Å²) in [6, 6.07) is 0. The van der Waals surface area contributed by atoms with Gasteiger partial charge in [-0.3, -0.25) is 4.79 Å². The van der Waals surface area contributed by atoms with E-state index >= 15 is 0 Å². The first-order valence-corrected chi connectivity index (χ1v) is 8.12. The van der Waals surface area contributed by atoms with Crippen LogP contribution >= 0.6 is 0 Å². The maximum absolute atomic E-state index is 11.5. The molecule has 0 unspecified atom stereocenters. The summed E-state index contributed by atoms with van der Waals surface area (Å²) in [5.74, 6) is -0.0436. The predicted molar refractivity (Wildman–Crippen MR) is 81.4 cm³/mol. The first-order valence-electron chi connectivity index (χ1n) is 8.12. The van der Waals surface area contributed by atoms with E-state index in [1.807, 2.05) is 0 Å². The van der Waals surface area contributed by atoms with E-state index in [-0.39, 0.29) is 5.97 Å². The normalized spacial score (nSPS) is 10.9. The van der Waals surface area contributed by atoms with Gasteiger partial charge in [-0.05, 0) is 19.5 Å². The second-order valence-corrected chi connectivity index (χ2v) is 5.12. The molecule has 114 valence electrons. The lowest BCUT2D eigenvalue weighted by Crippen LogP contribution is -2.26. The van der Waals surface area contributed by atoms with Gasteiger partial charge in [-0.1, -0.05) is 59.3 Å². The molecule has 0 radical (unpaired) electrons. The van der Waals surface area contributed by atoms with E-state index in [4.69, 9.17) is 4.74 Å². The number of hydrogen-bond acceptors (Lipinski definition) is 3. The van der Waals surface area contributed by atoms with Crippen LogP contribution in [0.15, 0.2) is 0 Å². The molecule has 0 atom stereocenters. The average Bonchev–Trinajstić information content (AvgIpc) is 2.43. The highest BCUT2D eigenvalue weighted by molar-refractivity contribution is 5.69. The Labute approximate surface area is 119 Å². The van der Waals surface area contributed by atoms with Crippen molar-refractivity contribution in [1.82, 2.24) is 4.90 Å². The Balaban J connectivity index is 3.29. The van der Waals surface area contributed by atoms with E-state index in [1.54, 1.807) is 0 Å². The van der Waals surface area contributed by atoms with E-state index in [0.29, 0.717) is 13.0 Å². The smallest absolute Gasteiger partial charge is 0.307 e.